The number of aromatic nitrogens is 4. The second kappa shape index (κ2) is 20.9. The van der Waals surface area contributed by atoms with Gasteiger partial charge in [-0.15, -0.1) is 0 Å². The maximum atomic E-state index is 15.5. The molecule has 1 saturated heterocycles. The molecule has 322 valence electrons. The van der Waals surface area contributed by atoms with Crippen molar-refractivity contribution in [3.8, 4) is 0 Å². The standard InChI is InChI=1S/C17H26F3N3O4S.C13H19F3N2O2S.CH4O.ClHN4/c1-16(2,3)27-15(24)23-8-6-11(7-9-23)17(4,20)28(25,26)12-10-22(5)21-13(12)14(18)19;1-13(16,9-6-4-3-5-7-9)21(19,20)10-8-18(2)17-11(10)12(14)15;1-2;1-3-5-4-2/h10-11,14H,6-9H2,1-5H3;8-9,12H,3-7H2,1-2H3;2H,1H3;2H/t17-;13-;;/m00../s1. The molecule has 1 amide bonds. The monoisotopic (exact) mass is 873 g/mol. The number of likely N-dealkylation sites (tertiary alicyclic amines) is 1. The predicted octanol–water partition coefficient (Wildman–Crippen LogP) is 8.01. The van der Waals surface area contributed by atoms with E-state index in [1.165, 1.54) is 19.0 Å². The molecule has 1 saturated carbocycles. The summed E-state index contributed by atoms with van der Waals surface area (Å²) < 4.78 is 143. The van der Waals surface area contributed by atoms with Crippen molar-refractivity contribution in [2.24, 2.45) is 41.0 Å². The van der Waals surface area contributed by atoms with Gasteiger partial charge in [-0.05, 0) is 70.7 Å². The molecule has 3 heterocycles. The molecule has 2 fully saturated rings. The average Bonchev–Trinajstić information content (AvgIpc) is 3.73. The number of halogens is 7. The summed E-state index contributed by atoms with van der Waals surface area (Å²) >= 11 is 4.55. The summed E-state index contributed by atoms with van der Waals surface area (Å²) in [5, 5.41) is 13.7. The van der Waals surface area contributed by atoms with Gasteiger partial charge in [-0.1, -0.05) is 23.9 Å². The third-order valence-corrected chi connectivity index (χ3v) is 13.6. The molecule has 0 bridgehead atoms. The molecule has 2 N–H and O–H groups in total. The number of nitrogens with zero attached hydrogens (tertiary/aromatic N) is 8. The molecule has 2 aromatic rings. The minimum atomic E-state index is -4.72. The molecule has 2 aliphatic rings. The van der Waals surface area contributed by atoms with E-state index in [-0.39, 0.29) is 25.9 Å². The van der Waals surface area contributed by atoms with Crippen molar-refractivity contribution in [2.75, 3.05) is 20.2 Å². The molecule has 1 aliphatic heterocycles. The van der Waals surface area contributed by atoms with E-state index in [4.69, 9.17) is 15.4 Å². The molecule has 0 radical (unpaired) electrons. The topological polar surface area (TPSA) is 215 Å². The number of ether oxygens (including phenoxy) is 1. The van der Waals surface area contributed by atoms with E-state index in [0.717, 1.165) is 62.0 Å². The lowest BCUT2D eigenvalue weighted by atomic mass is 9.86. The number of aryl methyl sites for hydroxylation is 2. The first-order valence-corrected chi connectivity index (χ1v) is 20.4. The van der Waals surface area contributed by atoms with E-state index < -0.39 is 87.2 Å². The molecule has 25 heteroatoms. The number of piperidine rings is 1. The molecule has 4 rings (SSSR count). The van der Waals surface area contributed by atoms with Gasteiger partial charge < -0.3 is 14.7 Å². The Balaban J connectivity index is 0.000000493. The Bertz CT molecular complexity index is 1820. The SMILES string of the molecule is CO.Cn1cc(S(=O)(=O)[C@](C)(F)C2CCCCC2)c(C(F)F)n1.Cn1cc(S(=O)(=O)[C@](C)(F)C2CCN(C(=O)OC(C)(C)C)CC2)c(C(F)F)n1.N=NN=NCl. The Morgan fingerprint density at radius 2 is 1.20 bits per heavy atom. The first-order valence-electron chi connectivity index (χ1n) is 17.1. The number of aliphatic hydroxyl groups is 1. The zero-order chi connectivity index (χ0) is 43.4. The highest BCUT2D eigenvalue weighted by atomic mass is 35.5. The van der Waals surface area contributed by atoms with Crippen LogP contribution in [0.15, 0.2) is 37.3 Å². The third-order valence-electron chi connectivity index (χ3n) is 8.98. The Labute approximate surface area is 327 Å². The molecule has 0 spiro atoms. The summed E-state index contributed by atoms with van der Waals surface area (Å²) in [5.41, 5.74) is 3.36. The number of sulfone groups is 2. The van der Waals surface area contributed by atoms with Crippen LogP contribution in [0.2, 0.25) is 0 Å². The highest BCUT2D eigenvalue weighted by molar-refractivity contribution is 7.93. The highest BCUT2D eigenvalue weighted by Gasteiger charge is 2.51. The van der Waals surface area contributed by atoms with Gasteiger partial charge in [-0.2, -0.15) is 15.7 Å². The first-order chi connectivity index (χ1) is 25.8. The largest absolute Gasteiger partial charge is 0.444 e. The van der Waals surface area contributed by atoms with E-state index >= 15 is 8.78 Å². The molecular formula is C31H50ClF6N9O7S2. The van der Waals surface area contributed by atoms with Crippen molar-refractivity contribution >= 4 is 37.5 Å². The van der Waals surface area contributed by atoms with Crippen molar-refractivity contribution in [1.29, 1.82) is 5.53 Å². The maximum Gasteiger partial charge on any atom is 0.410 e. The number of carbonyl (C=O) groups excluding carboxylic acids is 1. The lowest BCUT2D eigenvalue weighted by molar-refractivity contribution is 0.0130. The first kappa shape index (κ1) is 50.6. The van der Waals surface area contributed by atoms with Crippen LogP contribution >= 0.6 is 11.8 Å². The van der Waals surface area contributed by atoms with Gasteiger partial charge >= 0.3 is 6.09 Å². The minimum Gasteiger partial charge on any atom is -0.444 e. The maximum absolute atomic E-state index is 15.5. The Kier molecular flexibility index (Phi) is 18.9. The van der Waals surface area contributed by atoms with Crippen LogP contribution in [0.4, 0.5) is 31.1 Å². The van der Waals surface area contributed by atoms with Crippen LogP contribution in [0.25, 0.3) is 0 Å². The van der Waals surface area contributed by atoms with E-state index in [0.29, 0.717) is 12.8 Å². The summed E-state index contributed by atoms with van der Waals surface area (Å²) in [4.78, 5) is 12.0. The number of alkyl halides is 6. The molecule has 0 unspecified atom stereocenters. The zero-order valence-corrected chi connectivity index (χ0v) is 34.7. The summed E-state index contributed by atoms with van der Waals surface area (Å²) in [7, 11) is -5.62. The molecule has 0 aromatic carbocycles. The second-order valence-corrected chi connectivity index (χ2v) is 18.7. The van der Waals surface area contributed by atoms with E-state index in [1.54, 1.807) is 20.8 Å². The van der Waals surface area contributed by atoms with Crippen LogP contribution in [0, 0.1) is 17.4 Å². The lowest BCUT2D eigenvalue weighted by Crippen LogP contribution is -2.48. The Hall–Kier alpha value is -3.38. The quantitative estimate of drug-likeness (QED) is 0.142. The molecule has 1 aliphatic carbocycles. The van der Waals surface area contributed by atoms with Gasteiger partial charge in [0.2, 0.25) is 29.7 Å². The fourth-order valence-electron chi connectivity index (χ4n) is 6.09. The van der Waals surface area contributed by atoms with Crippen molar-refractivity contribution in [3.05, 3.63) is 23.8 Å². The Morgan fingerprint density at radius 3 is 1.50 bits per heavy atom. The fraction of sp³-hybridized carbons (Fsp3) is 0.774. The van der Waals surface area contributed by atoms with Crippen LogP contribution in [0.1, 0.15) is 104 Å². The number of rotatable bonds is 9. The number of carbonyl (C=O) groups is 1. The summed E-state index contributed by atoms with van der Waals surface area (Å²) in [6.07, 6.45) is -1.40. The second-order valence-electron chi connectivity index (χ2n) is 14.0. The van der Waals surface area contributed by atoms with Crippen LogP contribution < -0.4 is 0 Å². The van der Waals surface area contributed by atoms with Crippen molar-refractivity contribution in [2.45, 2.75) is 118 Å². The van der Waals surface area contributed by atoms with E-state index in [2.05, 4.69) is 37.1 Å². The lowest BCUT2D eigenvalue weighted by Gasteiger charge is -2.37. The van der Waals surface area contributed by atoms with Crippen LogP contribution in [0.3, 0.4) is 0 Å². The molecule has 16 nitrogen and oxygen atoms in total. The minimum absolute atomic E-state index is 0.0652. The third kappa shape index (κ3) is 12.6. The Morgan fingerprint density at radius 1 is 0.821 bits per heavy atom. The normalized spacial score (nSPS) is 18.1. The van der Waals surface area contributed by atoms with Crippen molar-refractivity contribution in [1.82, 2.24) is 24.5 Å². The summed E-state index contributed by atoms with van der Waals surface area (Å²) in [6, 6.07) is 0. The number of hydrogen-bond acceptors (Lipinski definition) is 11. The van der Waals surface area contributed by atoms with Gasteiger partial charge in [0, 0.05) is 58.5 Å². The van der Waals surface area contributed by atoms with Crippen molar-refractivity contribution in [3.63, 3.8) is 0 Å². The van der Waals surface area contributed by atoms with Gasteiger partial charge in [-0.3, -0.25) is 9.36 Å². The molecule has 2 aromatic heterocycles. The smallest absolute Gasteiger partial charge is 0.410 e. The van der Waals surface area contributed by atoms with Gasteiger partial charge in [0.1, 0.15) is 26.8 Å². The van der Waals surface area contributed by atoms with Crippen LogP contribution in [-0.2, 0) is 38.5 Å². The molecular weight excluding hydrogens is 824 g/mol. The van der Waals surface area contributed by atoms with E-state index in [9.17, 15) is 39.2 Å². The van der Waals surface area contributed by atoms with Gasteiger partial charge in [-0.25, -0.2) is 48.0 Å². The van der Waals surface area contributed by atoms with Crippen LogP contribution in [0.5, 0.6) is 0 Å². The van der Waals surface area contributed by atoms with Gasteiger partial charge in [0.05, 0.1) is 11.8 Å². The highest BCUT2D eigenvalue weighted by Crippen LogP contribution is 2.44. The predicted molar refractivity (Wildman–Crippen MR) is 191 cm³/mol. The number of aliphatic hydroxyl groups excluding tert-OH is 1. The fourth-order valence-corrected chi connectivity index (χ4v) is 9.73. The van der Waals surface area contributed by atoms with Gasteiger partial charge in [0.25, 0.3) is 12.9 Å². The van der Waals surface area contributed by atoms with Crippen molar-refractivity contribution < 1.29 is 57.8 Å². The zero-order valence-electron chi connectivity index (χ0n) is 32.3. The summed E-state index contributed by atoms with van der Waals surface area (Å²) in [5.74, 6) is -1.62. The number of hydrogen-bond donors (Lipinski definition) is 2. The number of nitrogens with one attached hydrogen (secondary N) is 1. The van der Waals surface area contributed by atoms with Gasteiger partial charge in [0.15, 0.2) is 0 Å². The molecule has 56 heavy (non-hydrogen) atoms. The molecule has 2 atom stereocenters. The average molecular weight is 874 g/mol. The van der Waals surface area contributed by atoms with E-state index in [1.807, 2.05) is 0 Å². The number of amides is 1. The summed E-state index contributed by atoms with van der Waals surface area (Å²) in [6.45, 7) is 7.26. The van der Waals surface area contributed by atoms with Crippen LogP contribution in [-0.4, -0.2) is 88.3 Å².